The maximum Gasteiger partial charge on any atom is 0.394 e. The van der Waals surface area contributed by atoms with Crippen LogP contribution in [0.25, 0.3) is 5.82 Å². The fourth-order valence-electron chi connectivity index (χ4n) is 6.31. The van der Waals surface area contributed by atoms with Crippen molar-refractivity contribution < 1.29 is 22.7 Å². The highest BCUT2D eigenvalue weighted by Crippen LogP contribution is 2.59. The molecule has 1 aliphatic carbocycles. The zero-order chi connectivity index (χ0) is 31.1. The van der Waals surface area contributed by atoms with Crippen LogP contribution < -0.4 is 19.3 Å². The smallest absolute Gasteiger partial charge is 0.394 e. The van der Waals surface area contributed by atoms with Gasteiger partial charge in [0.2, 0.25) is 5.88 Å². The van der Waals surface area contributed by atoms with Crippen LogP contribution in [0.4, 0.5) is 24.8 Å². The van der Waals surface area contributed by atoms with Crippen LogP contribution in [-0.4, -0.2) is 64.1 Å². The first kappa shape index (κ1) is 30.5. The van der Waals surface area contributed by atoms with Gasteiger partial charge in [0, 0.05) is 49.0 Å². The quantitative estimate of drug-likeness (QED) is 0.323. The summed E-state index contributed by atoms with van der Waals surface area (Å²) in [5.41, 5.74) is -1.39. The van der Waals surface area contributed by atoms with E-state index in [1.165, 1.54) is 16.6 Å². The number of hydrogen-bond acceptors (Lipinski definition) is 8. The fraction of sp³-hybridized carbons (Fsp3) is 0.548. The Kier molecular flexibility index (Phi) is 8.18. The molecule has 7 rings (SSSR count). The number of anilines is 2. The molecule has 1 amide bonds. The molecule has 1 saturated carbocycles. The number of ether oxygens (including phenoxy) is 1. The molecule has 0 aromatic carbocycles. The summed E-state index contributed by atoms with van der Waals surface area (Å²) in [6, 6.07) is 9.00. The summed E-state index contributed by atoms with van der Waals surface area (Å²) in [5.74, 6) is 2.38. The molecule has 9 nitrogen and oxygen atoms in total. The molecule has 6 heterocycles. The molecule has 3 aromatic heterocycles. The van der Waals surface area contributed by atoms with Crippen LogP contribution in [0.15, 0.2) is 47.6 Å². The number of carbonyl (C=O) groups is 1. The molecule has 3 aliphatic heterocycles. The van der Waals surface area contributed by atoms with Crippen LogP contribution >= 0.6 is 11.9 Å². The monoisotopic (exact) mass is 629 g/mol. The molecule has 3 aromatic rings. The molecule has 1 saturated heterocycles. The van der Waals surface area contributed by atoms with Crippen LogP contribution in [-0.2, 0) is 0 Å². The van der Waals surface area contributed by atoms with E-state index in [4.69, 9.17) is 9.72 Å². The number of aromatic nitrogens is 4. The van der Waals surface area contributed by atoms with Gasteiger partial charge in [-0.05, 0) is 94.5 Å². The second kappa shape index (κ2) is 11.8. The molecule has 1 N–H and O–H groups in total. The molecule has 1 unspecified atom stereocenters. The van der Waals surface area contributed by atoms with E-state index in [2.05, 4.69) is 45.5 Å². The maximum absolute atomic E-state index is 13.6. The first-order chi connectivity index (χ1) is 20.9. The lowest BCUT2D eigenvalue weighted by Gasteiger charge is -2.34. The van der Waals surface area contributed by atoms with E-state index in [1.54, 1.807) is 30.6 Å². The van der Waals surface area contributed by atoms with Crippen molar-refractivity contribution in [3.8, 4) is 11.7 Å². The van der Waals surface area contributed by atoms with Crippen LogP contribution in [0.2, 0.25) is 0 Å². The van der Waals surface area contributed by atoms with Crippen molar-refractivity contribution in [1.29, 1.82) is 0 Å². The van der Waals surface area contributed by atoms with E-state index in [9.17, 15) is 18.0 Å². The highest BCUT2D eigenvalue weighted by atomic mass is 32.2. The number of fused-ring (bicyclic) bond motifs is 8. The van der Waals surface area contributed by atoms with Crippen molar-refractivity contribution >= 4 is 29.5 Å². The second-order valence-electron chi connectivity index (χ2n) is 12.8. The highest BCUT2D eigenvalue weighted by molar-refractivity contribution is 7.98. The molecule has 0 spiro atoms. The predicted molar refractivity (Wildman–Crippen MR) is 163 cm³/mol. The SMILES string of the molecule is CN1CCCCC2CN(c3nc(-n4ccc(OCCC5(C(F)(F)F)CC5)n4)ccc3C(=O)NSc3ccc1nc3)C(C)(C)C2. The van der Waals surface area contributed by atoms with Gasteiger partial charge in [-0.2, -0.15) is 13.2 Å². The van der Waals surface area contributed by atoms with Gasteiger partial charge in [-0.15, -0.1) is 5.10 Å². The van der Waals surface area contributed by atoms with Crippen molar-refractivity contribution in [2.45, 2.75) is 75.4 Å². The summed E-state index contributed by atoms with van der Waals surface area (Å²) in [7, 11) is 2.05. The van der Waals surface area contributed by atoms with Gasteiger partial charge in [0.25, 0.3) is 5.91 Å². The molecule has 4 bridgehead atoms. The third-order valence-corrected chi connectivity index (χ3v) is 9.90. The Morgan fingerprint density at radius 3 is 2.64 bits per heavy atom. The van der Waals surface area contributed by atoms with Crippen LogP contribution in [0.3, 0.4) is 0 Å². The van der Waals surface area contributed by atoms with Gasteiger partial charge in [0.05, 0.1) is 17.6 Å². The van der Waals surface area contributed by atoms with Gasteiger partial charge in [0.1, 0.15) is 11.6 Å². The Balaban J connectivity index is 1.25. The van der Waals surface area contributed by atoms with Gasteiger partial charge >= 0.3 is 6.18 Å². The van der Waals surface area contributed by atoms with Gasteiger partial charge in [0.15, 0.2) is 5.82 Å². The van der Waals surface area contributed by atoms with Gasteiger partial charge < -0.3 is 14.5 Å². The zero-order valence-electron chi connectivity index (χ0n) is 25.2. The number of nitrogens with zero attached hydrogens (tertiary/aromatic N) is 6. The third kappa shape index (κ3) is 6.33. The summed E-state index contributed by atoms with van der Waals surface area (Å²) in [6.07, 6.45) is 3.63. The molecule has 4 aliphatic rings. The van der Waals surface area contributed by atoms with Crippen molar-refractivity contribution in [2.24, 2.45) is 11.3 Å². The largest absolute Gasteiger partial charge is 0.477 e. The lowest BCUT2D eigenvalue weighted by atomic mass is 9.93. The highest BCUT2D eigenvalue weighted by Gasteiger charge is 2.62. The van der Waals surface area contributed by atoms with Crippen LogP contribution in [0.5, 0.6) is 5.88 Å². The minimum Gasteiger partial charge on any atom is -0.477 e. The number of halogens is 3. The molecule has 0 radical (unpaired) electrons. The van der Waals surface area contributed by atoms with E-state index in [0.717, 1.165) is 49.5 Å². The van der Waals surface area contributed by atoms with Gasteiger partial charge in [-0.25, -0.2) is 14.6 Å². The molecule has 1 atom stereocenters. The second-order valence-corrected chi connectivity index (χ2v) is 13.7. The molecule has 236 valence electrons. The van der Waals surface area contributed by atoms with E-state index in [-0.39, 0.29) is 43.2 Å². The minimum absolute atomic E-state index is 0.0656. The lowest BCUT2D eigenvalue weighted by Crippen LogP contribution is -2.40. The summed E-state index contributed by atoms with van der Waals surface area (Å²) in [6.45, 7) is 6.00. The topological polar surface area (TPSA) is 88.4 Å². The first-order valence-electron chi connectivity index (χ1n) is 15.1. The van der Waals surface area contributed by atoms with Crippen molar-refractivity contribution in [3.63, 3.8) is 0 Å². The predicted octanol–water partition coefficient (Wildman–Crippen LogP) is 6.44. The Morgan fingerprint density at radius 1 is 1.11 bits per heavy atom. The van der Waals surface area contributed by atoms with E-state index in [0.29, 0.717) is 23.1 Å². The number of hydrogen-bond donors (Lipinski definition) is 1. The van der Waals surface area contributed by atoms with Crippen molar-refractivity contribution in [1.82, 2.24) is 24.5 Å². The normalized spacial score (nSPS) is 21.5. The Hall–Kier alpha value is -3.48. The zero-order valence-corrected chi connectivity index (χ0v) is 26.0. The number of carbonyl (C=O) groups excluding carboxylic acids is 1. The number of nitrogens with one attached hydrogen (secondary N) is 1. The average molecular weight is 630 g/mol. The Morgan fingerprint density at radius 2 is 1.91 bits per heavy atom. The number of rotatable bonds is 5. The Bertz CT molecular complexity index is 1490. The van der Waals surface area contributed by atoms with E-state index < -0.39 is 11.6 Å². The van der Waals surface area contributed by atoms with Crippen LogP contribution in [0, 0.1) is 11.3 Å². The Labute approximate surface area is 259 Å². The van der Waals surface area contributed by atoms with Crippen molar-refractivity contribution in [3.05, 3.63) is 48.3 Å². The molecule has 44 heavy (non-hydrogen) atoms. The summed E-state index contributed by atoms with van der Waals surface area (Å²) >= 11 is 1.21. The molecular weight excluding hydrogens is 591 g/mol. The maximum atomic E-state index is 13.6. The van der Waals surface area contributed by atoms with Gasteiger partial charge in [-0.3, -0.25) is 9.52 Å². The average Bonchev–Trinajstić information content (AvgIpc) is 3.54. The third-order valence-electron chi connectivity index (χ3n) is 9.13. The van der Waals surface area contributed by atoms with E-state index >= 15 is 0 Å². The number of amides is 1. The number of alkyl halides is 3. The van der Waals surface area contributed by atoms with Crippen molar-refractivity contribution in [2.75, 3.05) is 36.5 Å². The summed E-state index contributed by atoms with van der Waals surface area (Å²) in [5, 5.41) is 4.43. The summed E-state index contributed by atoms with van der Waals surface area (Å²) in [4.78, 5) is 28.3. The van der Waals surface area contributed by atoms with Crippen LogP contribution in [0.1, 0.15) is 69.2 Å². The molecular formula is C31H38F3N7O2S. The van der Waals surface area contributed by atoms with E-state index in [1.807, 2.05) is 12.1 Å². The summed E-state index contributed by atoms with van der Waals surface area (Å²) < 4.78 is 50.0. The lowest BCUT2D eigenvalue weighted by molar-refractivity contribution is -0.190. The standard InChI is InChI=1S/C31H38F3N7O2S/c1-29(2)18-21-6-4-5-15-39(3)24-9-7-22(19-35-24)44-38-28(42)23-8-10-25(36-27(23)40(29)20-21)41-16-11-26(37-41)43-17-14-30(12-13-30)31(32,33)34/h7-11,16,19,21H,4-6,12-15,17-18,20H2,1-3H3,(H,38,42). The number of pyridine rings is 2. The van der Waals surface area contributed by atoms with Gasteiger partial charge in [-0.1, -0.05) is 6.42 Å². The first-order valence-corrected chi connectivity index (χ1v) is 15.9. The molecule has 13 heteroatoms. The molecule has 2 fully saturated rings. The minimum atomic E-state index is -4.21. The fourth-order valence-corrected chi connectivity index (χ4v) is 6.87.